The Labute approximate surface area is 171 Å². The lowest BCUT2D eigenvalue weighted by Gasteiger charge is -2.31. The molecule has 2 atom stereocenters. The van der Waals surface area contributed by atoms with Crippen molar-refractivity contribution in [3.63, 3.8) is 0 Å². The number of ether oxygens (including phenoxy) is 2. The molecule has 0 radical (unpaired) electrons. The van der Waals surface area contributed by atoms with Crippen LogP contribution in [0.2, 0.25) is 0 Å². The minimum atomic E-state index is -0.214. The molecular formula is C22H28N3O4+. The summed E-state index contributed by atoms with van der Waals surface area (Å²) in [5.41, 5.74) is 1.87. The first-order valence-corrected chi connectivity index (χ1v) is 9.77. The van der Waals surface area contributed by atoms with E-state index in [0.717, 1.165) is 18.8 Å². The molecule has 1 saturated heterocycles. The highest BCUT2D eigenvalue weighted by molar-refractivity contribution is 6.04. The number of hydrogen-bond acceptors (Lipinski definition) is 4. The molecule has 2 aromatic rings. The Bertz CT molecular complexity index is 826. The zero-order chi connectivity index (χ0) is 20.8. The van der Waals surface area contributed by atoms with Gasteiger partial charge in [0.25, 0.3) is 11.8 Å². The predicted molar refractivity (Wildman–Crippen MR) is 112 cm³/mol. The predicted octanol–water partition coefficient (Wildman–Crippen LogP) is 1.58. The lowest BCUT2D eigenvalue weighted by atomic mass is 10.2. The maximum atomic E-state index is 12.4. The number of hydrogen-bond donors (Lipinski definition) is 3. The number of anilines is 2. The Hall–Kier alpha value is -2.90. The summed E-state index contributed by atoms with van der Waals surface area (Å²) >= 11 is 0. The summed E-state index contributed by atoms with van der Waals surface area (Å²) in [6.45, 7) is 6.11. The van der Waals surface area contributed by atoms with E-state index in [0.29, 0.717) is 23.5 Å². The van der Waals surface area contributed by atoms with E-state index in [9.17, 15) is 9.59 Å². The molecule has 0 unspecified atom stereocenters. The third-order valence-electron chi connectivity index (χ3n) is 4.81. The molecule has 2 aromatic carbocycles. The van der Waals surface area contributed by atoms with Gasteiger partial charge in [0.1, 0.15) is 31.0 Å². The molecule has 0 spiro atoms. The van der Waals surface area contributed by atoms with Crippen LogP contribution in [0.3, 0.4) is 0 Å². The molecule has 0 saturated carbocycles. The van der Waals surface area contributed by atoms with E-state index in [-0.39, 0.29) is 24.0 Å². The van der Waals surface area contributed by atoms with Gasteiger partial charge >= 0.3 is 0 Å². The molecule has 1 heterocycles. The summed E-state index contributed by atoms with van der Waals surface area (Å²) < 4.78 is 10.8. The minimum absolute atomic E-state index is 0.0447. The summed E-state index contributed by atoms with van der Waals surface area (Å²) in [7, 11) is 1.59. The third kappa shape index (κ3) is 6.04. The van der Waals surface area contributed by atoms with Gasteiger partial charge in [0, 0.05) is 16.9 Å². The smallest absolute Gasteiger partial charge is 0.279 e. The van der Waals surface area contributed by atoms with Crippen LogP contribution in [0.5, 0.6) is 5.75 Å². The zero-order valence-corrected chi connectivity index (χ0v) is 17.0. The monoisotopic (exact) mass is 398 g/mol. The van der Waals surface area contributed by atoms with Gasteiger partial charge in [-0.2, -0.15) is 0 Å². The van der Waals surface area contributed by atoms with Crippen molar-refractivity contribution in [1.29, 1.82) is 0 Å². The highest BCUT2D eigenvalue weighted by atomic mass is 16.5. The first-order valence-electron chi connectivity index (χ1n) is 9.77. The van der Waals surface area contributed by atoms with Gasteiger partial charge in [-0.25, -0.2) is 0 Å². The Kier molecular flexibility index (Phi) is 6.85. The summed E-state index contributed by atoms with van der Waals surface area (Å²) in [6.07, 6.45) is 0.315. The van der Waals surface area contributed by atoms with Crippen molar-refractivity contribution in [2.45, 2.75) is 26.1 Å². The maximum Gasteiger partial charge on any atom is 0.279 e. The van der Waals surface area contributed by atoms with Crippen molar-refractivity contribution in [3.05, 3.63) is 54.1 Å². The summed E-state index contributed by atoms with van der Waals surface area (Å²) in [6, 6.07) is 14.0. The van der Waals surface area contributed by atoms with Crippen LogP contribution < -0.4 is 20.3 Å². The third-order valence-corrected chi connectivity index (χ3v) is 4.81. The van der Waals surface area contributed by atoms with Gasteiger partial charge < -0.3 is 25.0 Å². The zero-order valence-electron chi connectivity index (χ0n) is 17.0. The fraction of sp³-hybridized carbons (Fsp3) is 0.364. The lowest BCUT2D eigenvalue weighted by Crippen LogP contribution is -3.16. The van der Waals surface area contributed by atoms with Crippen molar-refractivity contribution >= 4 is 23.2 Å². The number of nitrogens with one attached hydrogen (secondary N) is 3. The molecule has 1 fully saturated rings. The molecular weight excluding hydrogens is 370 g/mol. The van der Waals surface area contributed by atoms with Crippen molar-refractivity contribution in [2.24, 2.45) is 0 Å². The number of carbonyl (C=O) groups excluding carboxylic acids is 2. The second kappa shape index (κ2) is 9.54. The lowest BCUT2D eigenvalue weighted by molar-refractivity contribution is -0.907. The van der Waals surface area contributed by atoms with Crippen LogP contribution >= 0.6 is 0 Å². The second-order valence-electron chi connectivity index (χ2n) is 7.40. The molecule has 3 rings (SSSR count). The van der Waals surface area contributed by atoms with E-state index in [1.165, 1.54) is 4.90 Å². The van der Waals surface area contributed by atoms with Crippen LogP contribution in [0, 0.1) is 0 Å². The quantitative estimate of drug-likeness (QED) is 0.690. The van der Waals surface area contributed by atoms with Gasteiger partial charge in [-0.15, -0.1) is 0 Å². The molecule has 7 heteroatoms. The SMILES string of the molecule is COc1ccc(NC(=O)c2ccc(NC(=O)C[NH+]3C[C@H](C)O[C@@H](C)C3)cc2)cc1. The van der Waals surface area contributed by atoms with Crippen LogP contribution in [0.15, 0.2) is 48.5 Å². The molecule has 3 N–H and O–H groups in total. The topological polar surface area (TPSA) is 81.1 Å². The number of benzene rings is 2. The fourth-order valence-electron chi connectivity index (χ4n) is 3.55. The van der Waals surface area contributed by atoms with E-state index >= 15 is 0 Å². The minimum Gasteiger partial charge on any atom is -0.497 e. The Balaban J connectivity index is 1.52. The Morgan fingerprint density at radius 1 is 0.966 bits per heavy atom. The van der Waals surface area contributed by atoms with Gasteiger partial charge in [-0.3, -0.25) is 9.59 Å². The highest BCUT2D eigenvalue weighted by Crippen LogP contribution is 2.16. The van der Waals surface area contributed by atoms with Crippen molar-refractivity contribution in [1.82, 2.24) is 0 Å². The number of methoxy groups -OCH3 is 1. The molecule has 0 bridgehead atoms. The van der Waals surface area contributed by atoms with Gasteiger partial charge in [0.2, 0.25) is 0 Å². The van der Waals surface area contributed by atoms with E-state index in [2.05, 4.69) is 10.6 Å². The van der Waals surface area contributed by atoms with Crippen LogP contribution in [0.25, 0.3) is 0 Å². The molecule has 154 valence electrons. The van der Waals surface area contributed by atoms with Crippen LogP contribution in [-0.4, -0.2) is 50.8 Å². The summed E-state index contributed by atoms with van der Waals surface area (Å²) in [5.74, 6) is 0.469. The Morgan fingerprint density at radius 2 is 1.52 bits per heavy atom. The number of quaternary nitrogens is 1. The van der Waals surface area contributed by atoms with E-state index in [4.69, 9.17) is 9.47 Å². The van der Waals surface area contributed by atoms with E-state index < -0.39 is 0 Å². The van der Waals surface area contributed by atoms with Crippen LogP contribution in [0.4, 0.5) is 11.4 Å². The first kappa shape index (κ1) is 20.8. The molecule has 1 aliphatic heterocycles. The number of rotatable bonds is 6. The van der Waals surface area contributed by atoms with Gasteiger partial charge in [0.05, 0.1) is 7.11 Å². The second-order valence-corrected chi connectivity index (χ2v) is 7.40. The molecule has 7 nitrogen and oxygen atoms in total. The number of carbonyl (C=O) groups is 2. The fourth-order valence-corrected chi connectivity index (χ4v) is 3.55. The van der Waals surface area contributed by atoms with Gasteiger partial charge in [-0.05, 0) is 62.4 Å². The first-order chi connectivity index (χ1) is 13.9. The van der Waals surface area contributed by atoms with E-state index in [1.54, 1.807) is 55.6 Å². The molecule has 1 aliphatic rings. The van der Waals surface area contributed by atoms with Crippen molar-refractivity contribution < 1.29 is 24.0 Å². The molecule has 0 aliphatic carbocycles. The average molecular weight is 398 g/mol. The highest BCUT2D eigenvalue weighted by Gasteiger charge is 2.27. The van der Waals surface area contributed by atoms with E-state index in [1.807, 2.05) is 13.8 Å². The number of morpholine rings is 1. The van der Waals surface area contributed by atoms with Gasteiger partial charge in [-0.1, -0.05) is 0 Å². The number of amides is 2. The maximum absolute atomic E-state index is 12.4. The van der Waals surface area contributed by atoms with Crippen molar-refractivity contribution in [2.75, 3.05) is 37.4 Å². The summed E-state index contributed by atoms with van der Waals surface area (Å²) in [4.78, 5) is 25.9. The van der Waals surface area contributed by atoms with Crippen molar-refractivity contribution in [3.8, 4) is 5.75 Å². The standard InChI is InChI=1S/C22H27N3O4/c1-15-12-25(13-16(2)29-15)14-21(26)23-18-6-4-17(5-7-18)22(27)24-19-8-10-20(28-3)11-9-19/h4-11,15-16H,12-14H2,1-3H3,(H,23,26)(H,24,27)/p+1/t15-,16-/m0/s1. The van der Waals surface area contributed by atoms with Crippen LogP contribution in [0.1, 0.15) is 24.2 Å². The molecule has 29 heavy (non-hydrogen) atoms. The van der Waals surface area contributed by atoms with Crippen LogP contribution in [-0.2, 0) is 9.53 Å². The molecule has 2 amide bonds. The normalized spacial score (nSPS) is 21.3. The summed E-state index contributed by atoms with van der Waals surface area (Å²) in [5, 5.41) is 5.74. The largest absolute Gasteiger partial charge is 0.497 e. The Morgan fingerprint density at radius 3 is 2.10 bits per heavy atom. The molecule has 0 aromatic heterocycles. The average Bonchev–Trinajstić information content (AvgIpc) is 2.68. The van der Waals surface area contributed by atoms with Gasteiger partial charge in [0.15, 0.2) is 6.54 Å².